The van der Waals surface area contributed by atoms with Crippen molar-refractivity contribution in [1.29, 1.82) is 0 Å². The normalized spacial score (nSPS) is 12.5. The van der Waals surface area contributed by atoms with Crippen LogP contribution in [0.1, 0.15) is 30.7 Å². The number of rotatable bonds is 2. The van der Waals surface area contributed by atoms with Crippen molar-refractivity contribution in [2.45, 2.75) is 32.4 Å². The van der Waals surface area contributed by atoms with E-state index in [1.807, 2.05) is 20.8 Å². The van der Waals surface area contributed by atoms with E-state index in [1.54, 1.807) is 0 Å². The third-order valence-corrected chi connectivity index (χ3v) is 4.30. The summed E-state index contributed by atoms with van der Waals surface area (Å²) >= 11 is 0.657. The predicted octanol–water partition coefficient (Wildman–Crippen LogP) is 5.52. The van der Waals surface area contributed by atoms with E-state index in [4.69, 9.17) is 0 Å². The molecule has 0 aliphatic carbocycles. The molecule has 0 fully saturated rings. The van der Waals surface area contributed by atoms with Gasteiger partial charge >= 0.3 is 6.18 Å². The zero-order chi connectivity index (χ0) is 15.8. The summed E-state index contributed by atoms with van der Waals surface area (Å²) in [5.41, 5.74) is -0.0809. The number of benzene rings is 1. The highest BCUT2D eigenvalue weighted by Crippen LogP contribution is 2.43. The highest BCUT2D eigenvalue weighted by atomic mass is 32.1. The molecule has 1 aromatic carbocycles. The molecule has 0 unspecified atom stereocenters. The van der Waals surface area contributed by atoms with Gasteiger partial charge in [0.2, 0.25) is 0 Å². The molecule has 0 atom stereocenters. The second-order valence-electron chi connectivity index (χ2n) is 5.58. The van der Waals surface area contributed by atoms with Gasteiger partial charge < -0.3 is 0 Å². The van der Waals surface area contributed by atoms with E-state index >= 15 is 0 Å². The quantitative estimate of drug-likeness (QED) is 0.684. The molecule has 112 valence electrons. The van der Waals surface area contributed by atoms with Crippen molar-refractivity contribution in [2.24, 2.45) is 5.18 Å². The molecule has 0 aliphatic heterocycles. The van der Waals surface area contributed by atoms with Crippen LogP contribution in [0.2, 0.25) is 0 Å². The minimum Gasteiger partial charge on any atom is -0.240 e. The average molecular weight is 314 g/mol. The first kappa shape index (κ1) is 15.6. The van der Waals surface area contributed by atoms with E-state index in [-0.39, 0.29) is 11.4 Å². The number of alkyl halides is 3. The monoisotopic (exact) mass is 314 g/mol. The summed E-state index contributed by atoms with van der Waals surface area (Å²) in [6.45, 7) is 5.44. The lowest BCUT2D eigenvalue weighted by molar-refractivity contribution is -0.134. The van der Waals surface area contributed by atoms with Gasteiger partial charge in [-0.15, -0.1) is 16.2 Å². The summed E-state index contributed by atoms with van der Waals surface area (Å²) in [5.74, 6) is 0. The predicted molar refractivity (Wildman–Crippen MR) is 76.7 cm³/mol. The SMILES string of the molecule is CC(C)(C)c1nc(-c2ccc(N=O)cc2)c(C(F)(F)F)s1. The van der Waals surface area contributed by atoms with E-state index in [9.17, 15) is 18.1 Å². The first-order valence-electron chi connectivity index (χ1n) is 6.15. The second-order valence-corrected chi connectivity index (χ2v) is 6.58. The highest BCUT2D eigenvalue weighted by Gasteiger charge is 2.38. The summed E-state index contributed by atoms with van der Waals surface area (Å²) in [5, 5.41) is 3.15. The Hall–Kier alpha value is -1.76. The topological polar surface area (TPSA) is 42.3 Å². The first-order valence-corrected chi connectivity index (χ1v) is 6.97. The van der Waals surface area contributed by atoms with Gasteiger partial charge in [-0.05, 0) is 17.3 Å². The third-order valence-electron chi connectivity index (χ3n) is 2.77. The molecular formula is C14H13F3N2OS. The Balaban J connectivity index is 2.60. The molecule has 0 bridgehead atoms. The fourth-order valence-electron chi connectivity index (χ4n) is 1.71. The zero-order valence-corrected chi connectivity index (χ0v) is 12.5. The number of nitroso groups, excluding NO2 is 1. The van der Waals surface area contributed by atoms with Crippen LogP contribution < -0.4 is 0 Å². The molecule has 0 saturated carbocycles. The van der Waals surface area contributed by atoms with Crippen LogP contribution in [-0.4, -0.2) is 4.98 Å². The Kier molecular flexibility index (Phi) is 3.88. The van der Waals surface area contributed by atoms with Crippen molar-refractivity contribution in [3.8, 4) is 11.3 Å². The zero-order valence-electron chi connectivity index (χ0n) is 11.7. The van der Waals surface area contributed by atoms with E-state index in [2.05, 4.69) is 10.2 Å². The van der Waals surface area contributed by atoms with Crippen LogP contribution in [-0.2, 0) is 11.6 Å². The van der Waals surface area contributed by atoms with Crippen molar-refractivity contribution in [1.82, 2.24) is 4.98 Å². The molecule has 7 heteroatoms. The number of hydrogen-bond donors (Lipinski definition) is 0. The molecule has 0 amide bonds. The number of halogens is 3. The standard InChI is InChI=1S/C14H13F3N2OS/c1-13(2,3)12-18-10(11(21-12)14(15,16)17)8-4-6-9(19-20)7-5-8/h4-7H,1-3H3. The Morgan fingerprint density at radius 1 is 1.10 bits per heavy atom. The van der Waals surface area contributed by atoms with Crippen molar-refractivity contribution >= 4 is 17.0 Å². The lowest BCUT2D eigenvalue weighted by Crippen LogP contribution is -2.10. The van der Waals surface area contributed by atoms with Gasteiger partial charge in [-0.3, -0.25) is 0 Å². The summed E-state index contributed by atoms with van der Waals surface area (Å²) in [6.07, 6.45) is -4.46. The van der Waals surface area contributed by atoms with Gasteiger partial charge in [0.15, 0.2) is 0 Å². The van der Waals surface area contributed by atoms with Gasteiger partial charge in [-0.1, -0.05) is 32.9 Å². The minimum atomic E-state index is -4.46. The minimum absolute atomic E-state index is 0.102. The van der Waals surface area contributed by atoms with Crippen LogP contribution in [0.25, 0.3) is 11.3 Å². The van der Waals surface area contributed by atoms with Gasteiger partial charge in [0, 0.05) is 11.0 Å². The Bertz CT molecular complexity index is 654. The Morgan fingerprint density at radius 3 is 2.10 bits per heavy atom. The first-order chi connectivity index (χ1) is 9.63. The maximum absolute atomic E-state index is 13.2. The van der Waals surface area contributed by atoms with E-state index < -0.39 is 16.5 Å². The maximum atomic E-state index is 13.2. The molecule has 1 heterocycles. The van der Waals surface area contributed by atoms with Gasteiger partial charge in [0.25, 0.3) is 0 Å². The van der Waals surface area contributed by atoms with Crippen LogP contribution >= 0.6 is 11.3 Å². The van der Waals surface area contributed by atoms with Gasteiger partial charge in [-0.25, -0.2) is 4.98 Å². The average Bonchev–Trinajstić information content (AvgIpc) is 2.83. The number of aromatic nitrogens is 1. The molecule has 21 heavy (non-hydrogen) atoms. The van der Waals surface area contributed by atoms with Crippen molar-refractivity contribution in [3.05, 3.63) is 39.1 Å². The molecule has 0 N–H and O–H groups in total. The summed E-state index contributed by atoms with van der Waals surface area (Å²) in [7, 11) is 0. The van der Waals surface area contributed by atoms with Crippen molar-refractivity contribution in [2.75, 3.05) is 0 Å². The number of hydrogen-bond acceptors (Lipinski definition) is 4. The molecule has 0 spiro atoms. The van der Waals surface area contributed by atoms with Crippen LogP contribution in [0.5, 0.6) is 0 Å². The van der Waals surface area contributed by atoms with Crippen LogP contribution in [0.15, 0.2) is 29.4 Å². The number of thiazole rings is 1. The number of nitrogens with zero attached hydrogens (tertiary/aromatic N) is 2. The largest absolute Gasteiger partial charge is 0.427 e. The molecule has 2 rings (SSSR count). The molecule has 0 radical (unpaired) electrons. The molecule has 3 nitrogen and oxygen atoms in total. The van der Waals surface area contributed by atoms with Crippen LogP contribution in [0, 0.1) is 4.91 Å². The van der Waals surface area contributed by atoms with Crippen LogP contribution in [0.3, 0.4) is 0 Å². The Labute approximate surface area is 123 Å². The highest BCUT2D eigenvalue weighted by molar-refractivity contribution is 7.12. The van der Waals surface area contributed by atoms with Crippen molar-refractivity contribution in [3.63, 3.8) is 0 Å². The fourth-order valence-corrected chi connectivity index (χ4v) is 2.72. The van der Waals surface area contributed by atoms with Gasteiger partial charge in [-0.2, -0.15) is 13.2 Å². The Morgan fingerprint density at radius 2 is 1.67 bits per heavy atom. The maximum Gasteiger partial charge on any atom is 0.427 e. The van der Waals surface area contributed by atoms with Gasteiger partial charge in [0.1, 0.15) is 10.6 Å². The summed E-state index contributed by atoms with van der Waals surface area (Å²) in [6, 6.07) is 5.60. The second kappa shape index (κ2) is 5.22. The smallest absolute Gasteiger partial charge is 0.240 e. The molecule has 0 saturated heterocycles. The fraction of sp³-hybridized carbons (Fsp3) is 0.357. The van der Waals surface area contributed by atoms with E-state index in [0.717, 1.165) is 0 Å². The third kappa shape index (κ3) is 3.29. The van der Waals surface area contributed by atoms with E-state index in [0.29, 0.717) is 21.9 Å². The van der Waals surface area contributed by atoms with Gasteiger partial charge in [0.05, 0.1) is 10.7 Å². The molecular weight excluding hydrogens is 301 g/mol. The summed E-state index contributed by atoms with van der Waals surface area (Å²) < 4.78 is 39.5. The molecule has 2 aromatic rings. The molecule has 0 aliphatic rings. The summed E-state index contributed by atoms with van der Waals surface area (Å²) in [4.78, 5) is 13.8. The lowest BCUT2D eigenvalue weighted by Gasteiger charge is -2.13. The molecule has 1 aromatic heterocycles. The van der Waals surface area contributed by atoms with Crippen LogP contribution in [0.4, 0.5) is 18.9 Å². The van der Waals surface area contributed by atoms with Crippen molar-refractivity contribution < 1.29 is 13.2 Å². The van der Waals surface area contributed by atoms with E-state index in [1.165, 1.54) is 24.3 Å². The lowest BCUT2D eigenvalue weighted by atomic mass is 9.98.